The molecule has 1 aromatic heterocycles. The molecular formula is C21H21BrClN3O5S. The number of thiophene rings is 1. The van der Waals surface area contributed by atoms with Gasteiger partial charge < -0.3 is 25.0 Å². The Balaban J connectivity index is 1.45. The minimum atomic E-state index is -1.06. The lowest BCUT2D eigenvalue weighted by molar-refractivity contribution is -0.125. The molecule has 0 bridgehead atoms. The summed E-state index contributed by atoms with van der Waals surface area (Å²) >= 11 is 11.0. The number of halogens is 2. The van der Waals surface area contributed by atoms with Gasteiger partial charge in [-0.2, -0.15) is 0 Å². The maximum absolute atomic E-state index is 13.2. The van der Waals surface area contributed by atoms with Gasteiger partial charge in [-0.15, -0.1) is 0 Å². The third-order valence-corrected chi connectivity index (χ3v) is 7.26. The summed E-state index contributed by atoms with van der Waals surface area (Å²) in [4.78, 5) is 39.3. The smallest absolute Gasteiger partial charge is 0.399 e. The fourth-order valence-electron chi connectivity index (χ4n) is 3.88. The number of nitrogens with one attached hydrogen (secondary N) is 2. The van der Waals surface area contributed by atoms with E-state index in [9.17, 15) is 14.4 Å². The Kier molecular flexibility index (Phi) is 7.04. The van der Waals surface area contributed by atoms with Gasteiger partial charge in [0.25, 0.3) is 5.91 Å². The number of anilines is 2. The summed E-state index contributed by atoms with van der Waals surface area (Å²) in [6.07, 6.45) is 1.98. The van der Waals surface area contributed by atoms with E-state index in [1.54, 1.807) is 35.2 Å². The van der Waals surface area contributed by atoms with Crippen LogP contribution in [0.4, 0.5) is 16.2 Å². The molecule has 1 aromatic carbocycles. The number of carbonyl (C=O) groups excluding carboxylic acids is 3. The zero-order valence-corrected chi connectivity index (χ0v) is 20.1. The van der Waals surface area contributed by atoms with Crippen molar-refractivity contribution in [3.63, 3.8) is 0 Å². The third kappa shape index (κ3) is 5.09. The Labute approximate surface area is 202 Å². The molecule has 0 unspecified atom stereocenters. The molecule has 0 spiro atoms. The Morgan fingerprint density at radius 3 is 2.66 bits per heavy atom. The average Bonchev–Trinajstić information content (AvgIpc) is 3.38. The minimum absolute atomic E-state index is 0.0154. The molecule has 32 heavy (non-hydrogen) atoms. The van der Waals surface area contributed by atoms with E-state index in [1.807, 2.05) is 0 Å². The third-order valence-electron chi connectivity index (χ3n) is 5.46. The maximum atomic E-state index is 13.2. The molecule has 2 aliphatic rings. The van der Waals surface area contributed by atoms with Crippen LogP contribution in [0.2, 0.25) is 5.02 Å². The first-order valence-electron chi connectivity index (χ1n) is 10.1. The quantitative estimate of drug-likeness (QED) is 0.577. The van der Waals surface area contributed by atoms with Crippen LogP contribution in [-0.4, -0.2) is 43.2 Å². The number of carbonyl (C=O) groups is 3. The molecule has 4 rings (SSSR count). The van der Waals surface area contributed by atoms with Gasteiger partial charge in [-0.25, -0.2) is 4.79 Å². The van der Waals surface area contributed by atoms with E-state index in [0.29, 0.717) is 47.5 Å². The van der Waals surface area contributed by atoms with Crippen LogP contribution < -0.4 is 20.3 Å². The number of benzene rings is 1. The monoisotopic (exact) mass is 541 g/mol. The van der Waals surface area contributed by atoms with Crippen molar-refractivity contribution < 1.29 is 23.9 Å². The van der Waals surface area contributed by atoms with Gasteiger partial charge >= 0.3 is 6.09 Å². The minimum Gasteiger partial charge on any atom is -0.399 e. The highest BCUT2D eigenvalue weighted by Gasteiger charge is 2.43. The Morgan fingerprint density at radius 1 is 1.22 bits per heavy atom. The molecule has 170 valence electrons. The van der Waals surface area contributed by atoms with Crippen molar-refractivity contribution >= 4 is 68.2 Å². The summed E-state index contributed by atoms with van der Waals surface area (Å²) in [5.74, 6) is -0.495. The standard InChI is InChI=1S/C21H21BrClN3O5S/c22-16-5-6-18(32-16)31-20(29)25-21(7-1-2-8-21)19(28)24-13-3-4-15(14(23)11-13)26-9-10-30-12-17(26)27/h3-6,11H,1-2,7-10,12H2,(H,24,28)(H,25,29). The Morgan fingerprint density at radius 2 is 2.00 bits per heavy atom. The summed E-state index contributed by atoms with van der Waals surface area (Å²) in [5.41, 5.74) is -0.0119. The van der Waals surface area contributed by atoms with Crippen LogP contribution >= 0.6 is 38.9 Å². The molecule has 1 saturated carbocycles. The van der Waals surface area contributed by atoms with Crippen LogP contribution in [0, 0.1) is 0 Å². The number of hydrogen-bond donors (Lipinski definition) is 2. The normalized spacial score (nSPS) is 17.8. The van der Waals surface area contributed by atoms with Crippen molar-refractivity contribution in [1.82, 2.24) is 5.32 Å². The zero-order valence-electron chi connectivity index (χ0n) is 17.0. The number of ether oxygens (including phenoxy) is 2. The zero-order chi connectivity index (χ0) is 22.7. The summed E-state index contributed by atoms with van der Waals surface area (Å²) < 4.78 is 11.3. The van der Waals surface area contributed by atoms with Crippen LogP contribution in [0.5, 0.6) is 5.06 Å². The van der Waals surface area contributed by atoms with E-state index in [1.165, 1.54) is 11.3 Å². The van der Waals surface area contributed by atoms with Crippen LogP contribution in [0.1, 0.15) is 25.7 Å². The van der Waals surface area contributed by atoms with Gasteiger partial charge in [0.1, 0.15) is 12.1 Å². The van der Waals surface area contributed by atoms with Gasteiger partial charge in [-0.3, -0.25) is 9.59 Å². The first-order valence-corrected chi connectivity index (χ1v) is 12.1. The summed E-state index contributed by atoms with van der Waals surface area (Å²) in [7, 11) is 0. The van der Waals surface area contributed by atoms with Crippen molar-refractivity contribution in [3.8, 4) is 5.06 Å². The average molecular weight is 543 g/mol. The van der Waals surface area contributed by atoms with E-state index in [4.69, 9.17) is 21.1 Å². The molecule has 1 saturated heterocycles. The second-order valence-corrected chi connectivity index (χ2v) is 10.4. The van der Waals surface area contributed by atoms with Crippen molar-refractivity contribution in [1.29, 1.82) is 0 Å². The van der Waals surface area contributed by atoms with Gasteiger partial charge in [0.15, 0.2) is 5.06 Å². The van der Waals surface area contributed by atoms with Gasteiger partial charge in [-0.05, 0) is 59.1 Å². The first kappa shape index (κ1) is 23.0. The van der Waals surface area contributed by atoms with E-state index < -0.39 is 11.6 Å². The molecule has 2 N–H and O–H groups in total. The Hall–Kier alpha value is -2.14. The number of morpholine rings is 1. The SMILES string of the molecule is O=C(NC1(C(=O)Nc2ccc(N3CCOCC3=O)c(Cl)c2)CCCC1)Oc1ccc(Br)s1. The number of rotatable bonds is 5. The van der Waals surface area contributed by atoms with Crippen molar-refractivity contribution in [2.24, 2.45) is 0 Å². The van der Waals surface area contributed by atoms with E-state index in [-0.39, 0.29) is 18.4 Å². The molecule has 0 radical (unpaired) electrons. The van der Waals surface area contributed by atoms with Crippen molar-refractivity contribution in [3.05, 3.63) is 39.1 Å². The molecule has 2 fully saturated rings. The van der Waals surface area contributed by atoms with Crippen LogP contribution in [-0.2, 0) is 14.3 Å². The maximum Gasteiger partial charge on any atom is 0.414 e. The molecule has 2 aromatic rings. The molecular weight excluding hydrogens is 522 g/mol. The van der Waals surface area contributed by atoms with E-state index in [0.717, 1.165) is 16.6 Å². The van der Waals surface area contributed by atoms with Crippen molar-refractivity contribution in [2.75, 3.05) is 30.0 Å². The number of amides is 3. The summed E-state index contributed by atoms with van der Waals surface area (Å²) in [6, 6.07) is 8.44. The topological polar surface area (TPSA) is 97.0 Å². The van der Waals surface area contributed by atoms with Crippen molar-refractivity contribution in [2.45, 2.75) is 31.2 Å². The Bertz CT molecular complexity index is 1040. The van der Waals surface area contributed by atoms with Gasteiger partial charge in [0.2, 0.25) is 5.91 Å². The predicted octanol–water partition coefficient (Wildman–Crippen LogP) is 4.57. The largest absolute Gasteiger partial charge is 0.414 e. The van der Waals surface area contributed by atoms with Gasteiger partial charge in [0.05, 0.1) is 21.1 Å². The lowest BCUT2D eigenvalue weighted by Crippen LogP contribution is -2.55. The molecule has 11 heteroatoms. The van der Waals surface area contributed by atoms with Crippen LogP contribution in [0.3, 0.4) is 0 Å². The number of nitrogens with zero attached hydrogens (tertiary/aromatic N) is 1. The van der Waals surface area contributed by atoms with Crippen LogP contribution in [0.25, 0.3) is 0 Å². The highest BCUT2D eigenvalue weighted by Crippen LogP contribution is 2.34. The molecule has 0 atom stereocenters. The second-order valence-electron chi connectivity index (χ2n) is 7.58. The molecule has 2 heterocycles. The predicted molar refractivity (Wildman–Crippen MR) is 126 cm³/mol. The summed E-state index contributed by atoms with van der Waals surface area (Å²) in [5, 5.41) is 6.40. The highest BCUT2D eigenvalue weighted by atomic mass is 79.9. The molecule has 1 aliphatic carbocycles. The van der Waals surface area contributed by atoms with Crippen LogP contribution in [0.15, 0.2) is 34.1 Å². The molecule has 3 amide bonds. The summed E-state index contributed by atoms with van der Waals surface area (Å²) in [6.45, 7) is 0.870. The molecule has 8 nitrogen and oxygen atoms in total. The second kappa shape index (κ2) is 9.78. The fraction of sp³-hybridized carbons (Fsp3) is 0.381. The first-order chi connectivity index (χ1) is 15.4. The lowest BCUT2D eigenvalue weighted by atomic mass is 9.96. The number of hydrogen-bond acceptors (Lipinski definition) is 6. The molecule has 1 aliphatic heterocycles. The highest BCUT2D eigenvalue weighted by molar-refractivity contribution is 9.11. The van der Waals surface area contributed by atoms with Gasteiger partial charge in [-0.1, -0.05) is 35.8 Å². The van der Waals surface area contributed by atoms with Gasteiger partial charge in [0, 0.05) is 12.2 Å². The lowest BCUT2D eigenvalue weighted by Gasteiger charge is -2.29. The fourth-order valence-corrected chi connectivity index (χ4v) is 5.35. The van der Waals surface area contributed by atoms with E-state index in [2.05, 4.69) is 26.6 Å². The van der Waals surface area contributed by atoms with E-state index >= 15 is 0 Å².